The summed E-state index contributed by atoms with van der Waals surface area (Å²) in [5.41, 5.74) is 5.29. The summed E-state index contributed by atoms with van der Waals surface area (Å²) in [6, 6.07) is 6.70. The van der Waals surface area contributed by atoms with Crippen LogP contribution < -0.4 is 0 Å². The third-order valence-corrected chi connectivity index (χ3v) is 4.43. The largest absolute Gasteiger partial charge is 0.356 e. The molecule has 2 aromatic rings. The van der Waals surface area contributed by atoms with E-state index in [9.17, 15) is 4.79 Å². The highest BCUT2D eigenvalue weighted by atomic mass is 16.2. The predicted octanol–water partition coefficient (Wildman–Crippen LogP) is 2.70. The Morgan fingerprint density at radius 3 is 3.11 bits per heavy atom. The van der Waals surface area contributed by atoms with Gasteiger partial charge in [-0.1, -0.05) is 12.1 Å². The molecule has 0 aliphatic carbocycles. The van der Waals surface area contributed by atoms with E-state index in [2.05, 4.69) is 30.1 Å². The zero-order valence-corrected chi connectivity index (χ0v) is 10.5. The summed E-state index contributed by atoms with van der Waals surface area (Å²) in [5, 5.41) is 1.38. The molecule has 3 heterocycles. The zero-order chi connectivity index (χ0) is 12.3. The fraction of sp³-hybridized carbons (Fsp3) is 0.400. The van der Waals surface area contributed by atoms with Gasteiger partial charge in [0.15, 0.2) is 0 Å². The number of fused-ring (bicyclic) bond motifs is 5. The Balaban J connectivity index is 1.97. The van der Waals surface area contributed by atoms with Crippen molar-refractivity contribution in [2.24, 2.45) is 0 Å². The standard InChI is InChI=1S/C15H16N2O/c1-9-3-2-4-11-14(9)10-7-8-17-12(15(10)16-11)5-6-13(17)18/h2-4,12,16H,5-8H2,1H3/t12-/m1/s1. The number of aryl methyl sites for hydroxylation is 1. The lowest BCUT2D eigenvalue weighted by atomic mass is 9.96. The number of nitrogens with one attached hydrogen (secondary N) is 1. The summed E-state index contributed by atoms with van der Waals surface area (Å²) < 4.78 is 0. The molecule has 1 atom stereocenters. The monoisotopic (exact) mass is 240 g/mol. The summed E-state index contributed by atoms with van der Waals surface area (Å²) in [7, 11) is 0. The van der Waals surface area contributed by atoms with Gasteiger partial charge in [0, 0.05) is 29.6 Å². The van der Waals surface area contributed by atoms with Crippen LogP contribution in [0.1, 0.15) is 35.7 Å². The summed E-state index contributed by atoms with van der Waals surface area (Å²) in [4.78, 5) is 17.4. The maximum Gasteiger partial charge on any atom is 0.223 e. The average Bonchev–Trinajstić information content (AvgIpc) is 2.91. The number of hydrogen-bond acceptors (Lipinski definition) is 1. The first-order valence-electron chi connectivity index (χ1n) is 6.65. The molecule has 0 bridgehead atoms. The molecular formula is C15H16N2O. The van der Waals surface area contributed by atoms with Crippen LogP contribution in [0.2, 0.25) is 0 Å². The van der Waals surface area contributed by atoms with Crippen LogP contribution in [0.5, 0.6) is 0 Å². The van der Waals surface area contributed by atoms with Gasteiger partial charge >= 0.3 is 0 Å². The number of rotatable bonds is 0. The van der Waals surface area contributed by atoms with Crippen LogP contribution in [0.3, 0.4) is 0 Å². The molecular weight excluding hydrogens is 224 g/mol. The fourth-order valence-corrected chi connectivity index (χ4v) is 3.62. The van der Waals surface area contributed by atoms with Crippen LogP contribution in [0, 0.1) is 6.92 Å². The number of aromatic amines is 1. The molecule has 3 nitrogen and oxygen atoms in total. The summed E-state index contributed by atoms with van der Waals surface area (Å²) in [6.07, 6.45) is 2.67. The Morgan fingerprint density at radius 2 is 2.22 bits per heavy atom. The minimum absolute atomic E-state index is 0.299. The number of carbonyl (C=O) groups is 1. The third kappa shape index (κ3) is 1.17. The van der Waals surface area contributed by atoms with Gasteiger partial charge in [0.25, 0.3) is 0 Å². The van der Waals surface area contributed by atoms with Crippen LogP contribution in [0.25, 0.3) is 10.9 Å². The highest BCUT2D eigenvalue weighted by molar-refractivity contribution is 5.89. The van der Waals surface area contributed by atoms with E-state index < -0.39 is 0 Å². The molecule has 1 aromatic carbocycles. The van der Waals surface area contributed by atoms with Crippen molar-refractivity contribution in [3.63, 3.8) is 0 Å². The van der Waals surface area contributed by atoms with E-state index in [1.54, 1.807) is 0 Å². The Hall–Kier alpha value is -1.77. The van der Waals surface area contributed by atoms with E-state index in [1.807, 2.05) is 4.90 Å². The van der Waals surface area contributed by atoms with E-state index in [-0.39, 0.29) is 0 Å². The van der Waals surface area contributed by atoms with Gasteiger partial charge in [-0.05, 0) is 37.0 Å². The van der Waals surface area contributed by atoms with Gasteiger partial charge in [-0.15, -0.1) is 0 Å². The third-order valence-electron chi connectivity index (χ3n) is 4.43. The summed E-state index contributed by atoms with van der Waals surface area (Å²) >= 11 is 0. The Labute approximate surface area is 106 Å². The average molecular weight is 240 g/mol. The van der Waals surface area contributed by atoms with E-state index >= 15 is 0 Å². The summed E-state index contributed by atoms with van der Waals surface area (Å²) in [5.74, 6) is 0.320. The second-order valence-electron chi connectivity index (χ2n) is 5.41. The first-order valence-corrected chi connectivity index (χ1v) is 6.65. The van der Waals surface area contributed by atoms with Gasteiger partial charge in [-0.25, -0.2) is 0 Å². The number of H-pyrrole nitrogens is 1. The Morgan fingerprint density at radius 1 is 1.33 bits per heavy atom. The van der Waals surface area contributed by atoms with Crippen molar-refractivity contribution in [3.8, 4) is 0 Å². The normalized spacial score (nSPS) is 22.4. The van der Waals surface area contributed by atoms with Gasteiger partial charge in [-0.3, -0.25) is 4.79 Å². The minimum Gasteiger partial charge on any atom is -0.356 e. The fourth-order valence-electron chi connectivity index (χ4n) is 3.62. The lowest BCUT2D eigenvalue weighted by Crippen LogP contribution is -2.33. The highest BCUT2D eigenvalue weighted by Crippen LogP contribution is 2.41. The maximum atomic E-state index is 11.8. The van der Waals surface area contributed by atoms with Crippen molar-refractivity contribution in [3.05, 3.63) is 35.0 Å². The SMILES string of the molecule is Cc1cccc2[nH]c3c(c12)CCN1C(=O)CC[C@H]31. The number of amides is 1. The van der Waals surface area contributed by atoms with Crippen molar-refractivity contribution in [1.29, 1.82) is 0 Å². The van der Waals surface area contributed by atoms with Crippen molar-refractivity contribution < 1.29 is 4.79 Å². The molecule has 1 aromatic heterocycles. The van der Waals surface area contributed by atoms with Crippen molar-refractivity contribution in [2.75, 3.05) is 6.54 Å². The molecule has 1 saturated heterocycles. The van der Waals surface area contributed by atoms with E-state index in [0.29, 0.717) is 18.4 Å². The smallest absolute Gasteiger partial charge is 0.223 e. The molecule has 1 N–H and O–H groups in total. The van der Waals surface area contributed by atoms with Crippen LogP contribution in [0.15, 0.2) is 18.2 Å². The van der Waals surface area contributed by atoms with Gasteiger partial charge < -0.3 is 9.88 Å². The molecule has 0 unspecified atom stereocenters. The van der Waals surface area contributed by atoms with Crippen molar-refractivity contribution in [1.82, 2.24) is 9.88 Å². The number of nitrogens with zero attached hydrogens (tertiary/aromatic N) is 1. The molecule has 1 fully saturated rings. The number of carbonyl (C=O) groups excluding carboxylic acids is 1. The quantitative estimate of drug-likeness (QED) is 0.755. The predicted molar refractivity (Wildman–Crippen MR) is 70.4 cm³/mol. The minimum atomic E-state index is 0.299. The number of hydrogen-bond donors (Lipinski definition) is 1. The maximum absolute atomic E-state index is 11.8. The molecule has 0 spiro atoms. The zero-order valence-electron chi connectivity index (χ0n) is 10.5. The lowest BCUT2D eigenvalue weighted by molar-refractivity contribution is -0.129. The van der Waals surface area contributed by atoms with Crippen LogP contribution >= 0.6 is 0 Å². The van der Waals surface area contributed by atoms with E-state index in [0.717, 1.165) is 19.4 Å². The molecule has 18 heavy (non-hydrogen) atoms. The first-order chi connectivity index (χ1) is 8.75. The number of benzene rings is 1. The van der Waals surface area contributed by atoms with Gasteiger partial charge in [-0.2, -0.15) is 0 Å². The molecule has 92 valence electrons. The molecule has 2 aliphatic heterocycles. The highest BCUT2D eigenvalue weighted by Gasteiger charge is 2.37. The summed E-state index contributed by atoms with van der Waals surface area (Å²) in [6.45, 7) is 3.06. The Bertz CT molecular complexity index is 656. The van der Waals surface area contributed by atoms with Crippen molar-refractivity contribution >= 4 is 16.8 Å². The topological polar surface area (TPSA) is 36.1 Å². The Kier molecular flexibility index (Phi) is 1.91. The van der Waals surface area contributed by atoms with Crippen LogP contribution in [-0.2, 0) is 11.2 Å². The van der Waals surface area contributed by atoms with E-state index in [4.69, 9.17) is 0 Å². The lowest BCUT2D eigenvalue weighted by Gasteiger charge is -2.30. The molecule has 2 aliphatic rings. The molecule has 0 saturated carbocycles. The van der Waals surface area contributed by atoms with Gasteiger partial charge in [0.05, 0.1) is 6.04 Å². The molecule has 3 heteroatoms. The second kappa shape index (κ2) is 3.37. The second-order valence-corrected chi connectivity index (χ2v) is 5.41. The molecule has 1 amide bonds. The molecule has 4 rings (SSSR count). The first kappa shape index (κ1) is 10.2. The van der Waals surface area contributed by atoms with Gasteiger partial charge in [0.2, 0.25) is 5.91 Å². The van der Waals surface area contributed by atoms with Crippen LogP contribution in [-0.4, -0.2) is 22.3 Å². The van der Waals surface area contributed by atoms with Crippen LogP contribution in [0.4, 0.5) is 0 Å². The van der Waals surface area contributed by atoms with E-state index in [1.165, 1.54) is 27.7 Å². The van der Waals surface area contributed by atoms with Gasteiger partial charge in [0.1, 0.15) is 0 Å². The van der Waals surface area contributed by atoms with Crippen molar-refractivity contribution in [2.45, 2.75) is 32.2 Å². The number of aromatic nitrogens is 1. The molecule has 0 radical (unpaired) electrons.